The molecule has 5 nitrogen and oxygen atoms in total. The van der Waals surface area contributed by atoms with Crippen molar-refractivity contribution in [3.05, 3.63) is 55.1 Å². The number of aromatic hydroxyl groups is 1. The number of hydrogen-bond donors (Lipinski definition) is 2. The number of ether oxygens (including phenoxy) is 1. The predicted molar refractivity (Wildman–Crippen MR) is 111 cm³/mol. The van der Waals surface area contributed by atoms with Crippen molar-refractivity contribution >= 4 is 63.5 Å². The van der Waals surface area contributed by atoms with Gasteiger partial charge in [0.05, 0.1) is 25.9 Å². The minimum Gasteiger partial charge on any atom is -0.504 e. The number of phenolic OH excluding ortho intramolecular Hbond substituents is 1. The molecule has 0 spiro atoms. The van der Waals surface area contributed by atoms with E-state index in [9.17, 15) is 15.2 Å². The van der Waals surface area contributed by atoms with Gasteiger partial charge in [-0.15, -0.1) is 0 Å². The summed E-state index contributed by atoms with van der Waals surface area (Å²) in [6, 6.07) is 9.85. The lowest BCUT2D eigenvalue weighted by Gasteiger charge is -2.10. The maximum absolute atomic E-state index is 12.4. The van der Waals surface area contributed by atoms with Crippen LogP contribution in [0.1, 0.15) is 12.5 Å². The van der Waals surface area contributed by atoms with Gasteiger partial charge in [0.2, 0.25) is 0 Å². The third kappa shape index (κ3) is 4.81. The van der Waals surface area contributed by atoms with Crippen molar-refractivity contribution in [1.82, 2.24) is 0 Å². The monoisotopic (exact) mass is 502 g/mol. The lowest BCUT2D eigenvalue weighted by Crippen LogP contribution is -2.13. The molecule has 0 heterocycles. The van der Waals surface area contributed by atoms with Crippen molar-refractivity contribution in [1.29, 1.82) is 5.26 Å². The number of carbonyl (C=O) groups excluding carboxylic acids is 1. The van der Waals surface area contributed by atoms with Gasteiger partial charge in [0.25, 0.3) is 5.91 Å². The highest BCUT2D eigenvalue weighted by atomic mass is 127. The van der Waals surface area contributed by atoms with Crippen LogP contribution in [0.2, 0.25) is 10.0 Å². The highest BCUT2D eigenvalue weighted by molar-refractivity contribution is 14.1. The Morgan fingerprint density at radius 1 is 1.42 bits per heavy atom. The quantitative estimate of drug-likeness (QED) is 0.332. The van der Waals surface area contributed by atoms with Crippen LogP contribution >= 0.6 is 45.8 Å². The van der Waals surface area contributed by atoms with Gasteiger partial charge in [-0.2, -0.15) is 5.26 Å². The van der Waals surface area contributed by atoms with Gasteiger partial charge in [0.15, 0.2) is 11.5 Å². The predicted octanol–water partition coefficient (Wildman–Crippen LogP) is 5.25. The van der Waals surface area contributed by atoms with E-state index in [1.54, 1.807) is 37.3 Å². The average molecular weight is 503 g/mol. The lowest BCUT2D eigenvalue weighted by atomic mass is 10.1. The average Bonchev–Trinajstić information content (AvgIpc) is 2.61. The Bertz CT molecular complexity index is 923. The Balaban J connectivity index is 2.34. The highest BCUT2D eigenvalue weighted by Crippen LogP contribution is 2.34. The molecule has 26 heavy (non-hydrogen) atoms. The van der Waals surface area contributed by atoms with Crippen molar-refractivity contribution in [2.75, 3.05) is 11.9 Å². The van der Waals surface area contributed by atoms with E-state index in [0.29, 0.717) is 26.5 Å². The van der Waals surface area contributed by atoms with E-state index >= 15 is 0 Å². The van der Waals surface area contributed by atoms with Crippen LogP contribution in [0, 0.1) is 14.9 Å². The van der Waals surface area contributed by atoms with E-state index < -0.39 is 5.91 Å². The first-order chi connectivity index (χ1) is 12.4. The molecule has 2 aromatic carbocycles. The molecule has 0 aliphatic rings. The molecule has 0 fully saturated rings. The molecule has 0 aliphatic heterocycles. The summed E-state index contributed by atoms with van der Waals surface area (Å²) < 4.78 is 5.90. The van der Waals surface area contributed by atoms with Crippen LogP contribution in [0.4, 0.5) is 5.69 Å². The second kappa shape index (κ2) is 9.12. The number of nitrogens with zero attached hydrogens (tertiary/aromatic N) is 1. The van der Waals surface area contributed by atoms with Crippen molar-refractivity contribution in [2.45, 2.75) is 6.92 Å². The van der Waals surface area contributed by atoms with Gasteiger partial charge < -0.3 is 15.2 Å². The van der Waals surface area contributed by atoms with Crippen molar-refractivity contribution in [2.24, 2.45) is 0 Å². The minimum absolute atomic E-state index is 0.0123. The molecule has 0 atom stereocenters. The number of nitriles is 1. The number of phenols is 1. The SMILES string of the molecule is CCOc1cc(/C=C(\C#N)C(=O)Nc2cccc(Cl)c2Cl)cc(I)c1O. The third-order valence-electron chi connectivity index (χ3n) is 3.23. The molecule has 8 heteroatoms. The largest absolute Gasteiger partial charge is 0.504 e. The Morgan fingerprint density at radius 2 is 2.15 bits per heavy atom. The fourth-order valence-electron chi connectivity index (χ4n) is 2.05. The molecule has 0 aliphatic carbocycles. The van der Waals surface area contributed by atoms with Gasteiger partial charge in [0.1, 0.15) is 11.6 Å². The molecule has 2 aromatic rings. The van der Waals surface area contributed by atoms with Crippen molar-refractivity contribution in [3.8, 4) is 17.6 Å². The van der Waals surface area contributed by atoms with Crippen LogP contribution < -0.4 is 10.1 Å². The van der Waals surface area contributed by atoms with E-state index in [1.165, 1.54) is 6.08 Å². The summed E-state index contributed by atoms with van der Waals surface area (Å²) in [5.74, 6) is -0.336. The van der Waals surface area contributed by atoms with Crippen LogP contribution in [-0.2, 0) is 4.79 Å². The van der Waals surface area contributed by atoms with Gasteiger partial charge in [-0.05, 0) is 65.4 Å². The van der Waals surface area contributed by atoms with Crippen LogP contribution in [0.3, 0.4) is 0 Å². The molecule has 1 amide bonds. The first-order valence-corrected chi connectivity index (χ1v) is 9.23. The number of anilines is 1. The third-order valence-corrected chi connectivity index (χ3v) is 4.87. The highest BCUT2D eigenvalue weighted by Gasteiger charge is 2.14. The molecule has 0 aromatic heterocycles. The fourth-order valence-corrected chi connectivity index (χ4v) is 3.02. The van der Waals surface area contributed by atoms with Crippen LogP contribution in [-0.4, -0.2) is 17.6 Å². The lowest BCUT2D eigenvalue weighted by molar-refractivity contribution is -0.112. The molecular formula is C18H13Cl2IN2O3. The Kier molecular flexibility index (Phi) is 7.14. The number of amides is 1. The first-order valence-electron chi connectivity index (χ1n) is 7.39. The van der Waals surface area contributed by atoms with E-state index in [0.717, 1.165) is 0 Å². The zero-order valence-corrected chi connectivity index (χ0v) is 17.2. The number of hydrogen-bond acceptors (Lipinski definition) is 4. The maximum atomic E-state index is 12.4. The smallest absolute Gasteiger partial charge is 0.266 e. The summed E-state index contributed by atoms with van der Waals surface area (Å²) in [5.41, 5.74) is 0.713. The van der Waals surface area contributed by atoms with Gasteiger partial charge in [-0.1, -0.05) is 29.3 Å². The Labute approximate surface area is 174 Å². The van der Waals surface area contributed by atoms with Gasteiger partial charge >= 0.3 is 0 Å². The van der Waals surface area contributed by atoms with Crippen molar-refractivity contribution < 1.29 is 14.6 Å². The second-order valence-corrected chi connectivity index (χ2v) is 6.96. The fraction of sp³-hybridized carbons (Fsp3) is 0.111. The molecular weight excluding hydrogens is 490 g/mol. The summed E-state index contributed by atoms with van der Waals surface area (Å²) in [5, 5.41) is 22.4. The normalized spacial score (nSPS) is 11.0. The summed E-state index contributed by atoms with van der Waals surface area (Å²) >= 11 is 13.9. The van der Waals surface area contributed by atoms with Crippen LogP contribution in [0.5, 0.6) is 11.5 Å². The standard InChI is InChI=1S/C18H13Cl2IN2O3/c1-2-26-15-8-10(7-13(21)17(15)24)6-11(9-22)18(25)23-14-5-3-4-12(19)16(14)20/h3-8,24H,2H2,1H3,(H,23,25)/b11-6+. The van der Waals surface area contributed by atoms with E-state index in [1.807, 2.05) is 28.7 Å². The van der Waals surface area contributed by atoms with E-state index in [4.69, 9.17) is 27.9 Å². The topological polar surface area (TPSA) is 82.3 Å². The van der Waals surface area contributed by atoms with E-state index in [-0.39, 0.29) is 22.1 Å². The number of carbonyl (C=O) groups is 1. The number of benzene rings is 2. The molecule has 2 N–H and O–H groups in total. The molecule has 0 unspecified atom stereocenters. The first kappa shape index (κ1) is 20.4. The van der Waals surface area contributed by atoms with Gasteiger partial charge in [-0.25, -0.2) is 0 Å². The van der Waals surface area contributed by atoms with Crippen LogP contribution in [0.25, 0.3) is 6.08 Å². The van der Waals surface area contributed by atoms with Crippen molar-refractivity contribution in [3.63, 3.8) is 0 Å². The summed E-state index contributed by atoms with van der Waals surface area (Å²) in [6.45, 7) is 2.16. The molecule has 0 bridgehead atoms. The number of halogens is 3. The number of nitrogens with one attached hydrogen (secondary N) is 1. The Morgan fingerprint density at radius 3 is 2.81 bits per heavy atom. The maximum Gasteiger partial charge on any atom is 0.266 e. The van der Waals surface area contributed by atoms with Gasteiger partial charge in [-0.3, -0.25) is 4.79 Å². The van der Waals surface area contributed by atoms with Crippen LogP contribution in [0.15, 0.2) is 35.9 Å². The summed E-state index contributed by atoms with van der Waals surface area (Å²) in [7, 11) is 0. The summed E-state index contributed by atoms with van der Waals surface area (Å²) in [6.07, 6.45) is 1.40. The molecule has 0 radical (unpaired) electrons. The molecule has 0 saturated carbocycles. The minimum atomic E-state index is -0.627. The molecule has 134 valence electrons. The molecule has 2 rings (SSSR count). The Hall–Kier alpha value is -1.95. The van der Waals surface area contributed by atoms with Gasteiger partial charge in [0, 0.05) is 0 Å². The second-order valence-electron chi connectivity index (χ2n) is 5.01. The summed E-state index contributed by atoms with van der Waals surface area (Å²) in [4.78, 5) is 12.4. The zero-order chi connectivity index (χ0) is 19.3. The zero-order valence-electron chi connectivity index (χ0n) is 13.5. The van der Waals surface area contributed by atoms with E-state index in [2.05, 4.69) is 5.32 Å². The number of rotatable bonds is 5. The molecule has 0 saturated heterocycles.